The highest BCUT2D eigenvalue weighted by atomic mass is 35.5. The second kappa shape index (κ2) is 8.24. The average Bonchev–Trinajstić information content (AvgIpc) is 3.17. The summed E-state index contributed by atoms with van der Waals surface area (Å²) in [4.78, 5) is 32.4. The normalized spacial score (nSPS) is 10.8. The monoisotopic (exact) mass is 437 g/mol. The van der Waals surface area contributed by atoms with Gasteiger partial charge in [-0.1, -0.05) is 23.7 Å². The molecule has 30 heavy (non-hydrogen) atoms. The molecular weight excluding hydrogens is 425 g/mol. The number of rotatable bonds is 7. The van der Waals surface area contributed by atoms with Gasteiger partial charge in [0.2, 0.25) is 5.91 Å². The first kappa shape index (κ1) is 20.9. The molecule has 0 spiro atoms. The van der Waals surface area contributed by atoms with Crippen molar-refractivity contribution in [2.24, 2.45) is 0 Å². The largest absolute Gasteiger partial charge is 0.468 e. The van der Waals surface area contributed by atoms with Crippen LogP contribution >= 0.6 is 11.6 Å². The van der Waals surface area contributed by atoms with Crippen LogP contribution in [0, 0.1) is 33.0 Å². The zero-order valence-electron chi connectivity index (χ0n) is 15.3. The number of nitro groups is 2. The van der Waals surface area contributed by atoms with Crippen LogP contribution in [0.3, 0.4) is 0 Å². The topological polar surface area (TPSA) is 151 Å². The van der Waals surface area contributed by atoms with E-state index in [0.717, 1.165) is 10.2 Å². The molecule has 1 N–H and O–H groups in total. The first-order valence-corrected chi connectivity index (χ1v) is 8.67. The number of carbonyl (C=O) groups excluding carboxylic acids is 1. The number of nitrogens with one attached hydrogen (secondary N) is 1. The smallest absolute Gasteiger partial charge is 0.358 e. The SMILES string of the molecule is Cc1c([N+](=O)[O-])c([N+](=O)[O-])nn1CC(=O)Nc1nn(Cc2ccc(F)cc2)cc1Cl. The number of halogens is 2. The van der Waals surface area contributed by atoms with E-state index in [9.17, 15) is 29.4 Å². The third kappa shape index (κ3) is 4.41. The van der Waals surface area contributed by atoms with E-state index >= 15 is 0 Å². The Morgan fingerprint density at radius 1 is 1.20 bits per heavy atom. The zero-order valence-corrected chi connectivity index (χ0v) is 16.0. The molecule has 3 rings (SSSR count). The van der Waals surface area contributed by atoms with Crippen molar-refractivity contribution in [3.05, 3.63) is 72.8 Å². The molecule has 2 aromatic heterocycles. The van der Waals surface area contributed by atoms with Crippen LogP contribution in [0.5, 0.6) is 0 Å². The minimum absolute atomic E-state index is 0.0255. The summed E-state index contributed by atoms with van der Waals surface area (Å²) in [7, 11) is 0. The lowest BCUT2D eigenvalue weighted by Crippen LogP contribution is -2.21. The van der Waals surface area contributed by atoms with Gasteiger partial charge in [-0.05, 0) is 29.5 Å². The summed E-state index contributed by atoms with van der Waals surface area (Å²) < 4.78 is 15.3. The van der Waals surface area contributed by atoms with Crippen LogP contribution in [0.25, 0.3) is 0 Å². The summed E-state index contributed by atoms with van der Waals surface area (Å²) in [6.45, 7) is 0.990. The van der Waals surface area contributed by atoms with Gasteiger partial charge < -0.3 is 15.4 Å². The van der Waals surface area contributed by atoms with E-state index in [4.69, 9.17) is 11.6 Å². The van der Waals surface area contributed by atoms with Gasteiger partial charge in [-0.25, -0.2) is 4.39 Å². The van der Waals surface area contributed by atoms with E-state index < -0.39 is 33.8 Å². The molecule has 1 aromatic carbocycles. The third-order valence-electron chi connectivity index (χ3n) is 4.04. The van der Waals surface area contributed by atoms with Crippen LogP contribution in [-0.4, -0.2) is 35.3 Å². The Balaban J connectivity index is 1.73. The molecule has 0 aliphatic rings. The summed E-state index contributed by atoms with van der Waals surface area (Å²) in [5.74, 6) is -2.00. The van der Waals surface area contributed by atoms with Gasteiger partial charge in [0.15, 0.2) is 5.82 Å². The van der Waals surface area contributed by atoms with E-state index in [-0.39, 0.29) is 28.9 Å². The van der Waals surface area contributed by atoms with Gasteiger partial charge in [0.05, 0.1) is 16.6 Å². The fourth-order valence-electron chi connectivity index (χ4n) is 2.66. The van der Waals surface area contributed by atoms with Gasteiger partial charge in [0.1, 0.15) is 23.1 Å². The van der Waals surface area contributed by atoms with Crippen LogP contribution < -0.4 is 5.32 Å². The molecule has 156 valence electrons. The van der Waals surface area contributed by atoms with Crippen LogP contribution in [-0.2, 0) is 17.9 Å². The number of aromatic nitrogens is 4. The van der Waals surface area contributed by atoms with E-state index in [1.807, 2.05) is 0 Å². The van der Waals surface area contributed by atoms with Gasteiger partial charge in [0.25, 0.3) is 0 Å². The highest BCUT2D eigenvalue weighted by Gasteiger charge is 2.35. The van der Waals surface area contributed by atoms with Crippen molar-refractivity contribution in [1.29, 1.82) is 0 Å². The van der Waals surface area contributed by atoms with Crippen molar-refractivity contribution in [2.75, 3.05) is 5.32 Å². The lowest BCUT2D eigenvalue weighted by molar-refractivity contribution is -0.424. The first-order chi connectivity index (χ1) is 14.2. The quantitative estimate of drug-likeness (QED) is 0.440. The Labute approximate surface area is 172 Å². The van der Waals surface area contributed by atoms with Crippen molar-refractivity contribution in [1.82, 2.24) is 19.6 Å². The Morgan fingerprint density at radius 2 is 1.87 bits per heavy atom. The standard InChI is InChI=1S/C16H13ClFN7O5/c1-9-14(24(27)28)16(25(29)30)21-23(9)8-13(26)19-15-12(17)7-22(20-15)6-10-2-4-11(18)5-3-10/h2-5,7H,6,8H2,1H3,(H,19,20,26). The molecule has 0 saturated heterocycles. The van der Waals surface area contributed by atoms with Crippen LogP contribution in [0.2, 0.25) is 5.02 Å². The summed E-state index contributed by atoms with van der Waals surface area (Å²) in [5, 5.41) is 32.2. The van der Waals surface area contributed by atoms with Gasteiger partial charge in [-0.2, -0.15) is 9.78 Å². The number of carbonyl (C=O) groups is 1. The highest BCUT2D eigenvalue weighted by molar-refractivity contribution is 6.33. The van der Waals surface area contributed by atoms with E-state index in [1.54, 1.807) is 12.1 Å². The number of nitrogens with zero attached hydrogens (tertiary/aromatic N) is 6. The number of benzene rings is 1. The molecular formula is C16H13ClFN7O5. The lowest BCUT2D eigenvalue weighted by Gasteiger charge is -2.03. The second-order valence-corrected chi connectivity index (χ2v) is 6.53. The Morgan fingerprint density at radius 3 is 2.43 bits per heavy atom. The molecule has 1 amide bonds. The number of amides is 1. The van der Waals surface area contributed by atoms with Crippen molar-refractivity contribution in [3.63, 3.8) is 0 Å². The maximum absolute atomic E-state index is 13.0. The minimum Gasteiger partial charge on any atom is -0.358 e. The number of anilines is 1. The second-order valence-electron chi connectivity index (χ2n) is 6.13. The Hall–Kier alpha value is -3.87. The molecule has 0 unspecified atom stereocenters. The van der Waals surface area contributed by atoms with Gasteiger partial charge in [0, 0.05) is 6.20 Å². The molecule has 0 fully saturated rings. The molecule has 0 aliphatic heterocycles. The van der Waals surface area contributed by atoms with Crippen molar-refractivity contribution < 1.29 is 19.0 Å². The predicted octanol–water partition coefficient (Wildman–Crippen LogP) is 2.68. The fourth-order valence-corrected chi connectivity index (χ4v) is 2.86. The zero-order chi connectivity index (χ0) is 22.0. The maximum Gasteiger partial charge on any atom is 0.468 e. The van der Waals surface area contributed by atoms with E-state index in [1.165, 1.54) is 29.9 Å². The van der Waals surface area contributed by atoms with Crippen molar-refractivity contribution >= 4 is 34.8 Å². The summed E-state index contributed by atoms with van der Waals surface area (Å²) in [6, 6.07) is 5.74. The Kier molecular flexibility index (Phi) is 5.73. The summed E-state index contributed by atoms with van der Waals surface area (Å²) in [5.41, 5.74) is -0.176. The lowest BCUT2D eigenvalue weighted by atomic mass is 10.2. The Bertz CT molecular complexity index is 1140. The molecule has 0 aliphatic carbocycles. The molecule has 0 bridgehead atoms. The molecule has 3 aromatic rings. The van der Waals surface area contributed by atoms with Crippen molar-refractivity contribution in [2.45, 2.75) is 20.0 Å². The molecule has 2 heterocycles. The molecule has 0 radical (unpaired) electrons. The predicted molar refractivity (Wildman–Crippen MR) is 102 cm³/mol. The molecule has 14 heteroatoms. The van der Waals surface area contributed by atoms with Crippen LogP contribution in [0.4, 0.5) is 21.7 Å². The minimum atomic E-state index is -0.993. The number of hydrogen-bond acceptors (Lipinski definition) is 7. The van der Waals surface area contributed by atoms with Crippen LogP contribution in [0.1, 0.15) is 11.3 Å². The fraction of sp³-hybridized carbons (Fsp3) is 0.188. The van der Waals surface area contributed by atoms with Gasteiger partial charge in [-0.3, -0.25) is 19.6 Å². The van der Waals surface area contributed by atoms with Gasteiger partial charge >= 0.3 is 11.5 Å². The van der Waals surface area contributed by atoms with E-state index in [0.29, 0.717) is 0 Å². The van der Waals surface area contributed by atoms with Crippen molar-refractivity contribution in [3.8, 4) is 0 Å². The number of hydrogen-bond donors (Lipinski definition) is 1. The first-order valence-electron chi connectivity index (χ1n) is 8.29. The van der Waals surface area contributed by atoms with Crippen LogP contribution in [0.15, 0.2) is 30.5 Å². The molecule has 0 saturated carbocycles. The third-order valence-corrected chi connectivity index (χ3v) is 4.32. The molecule has 0 atom stereocenters. The van der Waals surface area contributed by atoms with Gasteiger partial charge in [-0.15, -0.1) is 0 Å². The average molecular weight is 438 g/mol. The maximum atomic E-state index is 13.0. The highest BCUT2D eigenvalue weighted by Crippen LogP contribution is 2.29. The summed E-state index contributed by atoms with van der Waals surface area (Å²) >= 11 is 6.07. The molecule has 12 nitrogen and oxygen atoms in total. The summed E-state index contributed by atoms with van der Waals surface area (Å²) in [6.07, 6.45) is 1.45. The van der Waals surface area contributed by atoms with E-state index in [2.05, 4.69) is 15.5 Å².